The summed E-state index contributed by atoms with van der Waals surface area (Å²) in [5.74, 6) is -1.09. The van der Waals surface area contributed by atoms with E-state index >= 15 is 0 Å². The van der Waals surface area contributed by atoms with Crippen LogP contribution in [0.15, 0.2) is 5.10 Å². The number of hydrazone groups is 1. The Morgan fingerprint density at radius 1 is 1.64 bits per heavy atom. The maximum atomic E-state index is 10.2. The van der Waals surface area contributed by atoms with Gasteiger partial charge in [-0.1, -0.05) is 0 Å². The van der Waals surface area contributed by atoms with Gasteiger partial charge in [0.15, 0.2) is 0 Å². The van der Waals surface area contributed by atoms with E-state index in [4.69, 9.17) is 16.6 Å². The lowest BCUT2D eigenvalue weighted by Crippen LogP contribution is -2.31. The van der Waals surface area contributed by atoms with Crippen molar-refractivity contribution in [2.45, 2.75) is 6.92 Å². The molecule has 0 rings (SSSR count). The normalized spacial score (nSPS) is 8.82. The van der Waals surface area contributed by atoms with Gasteiger partial charge in [0.25, 0.3) is 0 Å². The number of hydrogen-bond acceptors (Lipinski definition) is 3. The van der Waals surface area contributed by atoms with E-state index in [1.54, 1.807) is 6.92 Å². The number of likely N-dealkylation sites (N-methyl/N-ethyl adjacent to an activating group) is 1. The summed E-state index contributed by atoms with van der Waals surface area (Å²) in [6.07, 6.45) is 0. The maximum Gasteiger partial charge on any atom is 0.324 e. The fourth-order valence-electron chi connectivity index (χ4n) is 0.537. The zero-order valence-electron chi connectivity index (χ0n) is 6.32. The van der Waals surface area contributed by atoms with Crippen molar-refractivity contribution < 1.29 is 9.90 Å². The second-order valence-electron chi connectivity index (χ2n) is 1.90. The topological polar surface area (TPSA) is 105 Å². The van der Waals surface area contributed by atoms with Crippen LogP contribution in [0.2, 0.25) is 0 Å². The quantitative estimate of drug-likeness (QED) is 0.266. The van der Waals surface area contributed by atoms with Crippen molar-refractivity contribution in [3.63, 3.8) is 0 Å². The molecule has 6 heteroatoms. The molecule has 0 aromatic carbocycles. The van der Waals surface area contributed by atoms with Crippen molar-refractivity contribution in [3.8, 4) is 0 Å². The van der Waals surface area contributed by atoms with Gasteiger partial charge in [0.1, 0.15) is 6.54 Å². The van der Waals surface area contributed by atoms with Crippen LogP contribution in [0.1, 0.15) is 6.92 Å². The molecule has 11 heavy (non-hydrogen) atoms. The summed E-state index contributed by atoms with van der Waals surface area (Å²) < 4.78 is 0. The maximum absolute atomic E-state index is 10.2. The van der Waals surface area contributed by atoms with E-state index in [2.05, 4.69) is 5.10 Å². The SMILES string of the molecule is CCN(CC(=O)O)N=C(N)N. The van der Waals surface area contributed by atoms with E-state index in [1.807, 2.05) is 0 Å². The number of nitrogens with zero attached hydrogens (tertiary/aromatic N) is 2. The number of guanidine groups is 1. The molecule has 0 fully saturated rings. The van der Waals surface area contributed by atoms with Crippen LogP contribution < -0.4 is 11.5 Å². The average molecular weight is 160 g/mol. The Labute approximate surface area is 64.5 Å². The molecular weight excluding hydrogens is 148 g/mol. The molecule has 0 amide bonds. The lowest BCUT2D eigenvalue weighted by atomic mass is 10.6. The summed E-state index contributed by atoms with van der Waals surface area (Å²) >= 11 is 0. The predicted molar refractivity (Wildman–Crippen MR) is 40.7 cm³/mol. The van der Waals surface area contributed by atoms with E-state index in [-0.39, 0.29) is 12.5 Å². The van der Waals surface area contributed by atoms with Crippen LogP contribution in [0.5, 0.6) is 0 Å². The van der Waals surface area contributed by atoms with Gasteiger partial charge in [-0.05, 0) is 6.92 Å². The molecule has 0 saturated carbocycles. The number of rotatable bonds is 4. The van der Waals surface area contributed by atoms with Crippen molar-refractivity contribution in [2.75, 3.05) is 13.1 Å². The molecule has 0 saturated heterocycles. The van der Waals surface area contributed by atoms with Gasteiger partial charge in [0, 0.05) is 6.54 Å². The molecule has 6 nitrogen and oxygen atoms in total. The molecule has 0 aromatic heterocycles. The molecule has 0 aliphatic carbocycles. The molecule has 0 bridgehead atoms. The van der Waals surface area contributed by atoms with Gasteiger partial charge >= 0.3 is 5.97 Å². The highest BCUT2D eigenvalue weighted by Crippen LogP contribution is 1.86. The molecule has 0 radical (unpaired) electrons. The Morgan fingerprint density at radius 2 is 2.18 bits per heavy atom. The van der Waals surface area contributed by atoms with Crippen molar-refractivity contribution >= 4 is 11.9 Å². The van der Waals surface area contributed by atoms with Crippen LogP contribution >= 0.6 is 0 Å². The zero-order valence-corrected chi connectivity index (χ0v) is 6.32. The summed E-state index contributed by atoms with van der Waals surface area (Å²) in [6.45, 7) is 2.04. The van der Waals surface area contributed by atoms with Gasteiger partial charge in [-0.2, -0.15) is 0 Å². The Balaban J connectivity index is 3.96. The Bertz CT molecular complexity index is 164. The van der Waals surface area contributed by atoms with Crippen LogP contribution in [0.25, 0.3) is 0 Å². The predicted octanol–water partition coefficient (Wildman–Crippen LogP) is -1.42. The highest BCUT2D eigenvalue weighted by Gasteiger charge is 2.03. The van der Waals surface area contributed by atoms with Crippen molar-refractivity contribution in [1.29, 1.82) is 0 Å². The van der Waals surface area contributed by atoms with E-state index in [9.17, 15) is 4.79 Å². The largest absolute Gasteiger partial charge is 0.480 e. The van der Waals surface area contributed by atoms with Crippen molar-refractivity contribution in [1.82, 2.24) is 5.01 Å². The van der Waals surface area contributed by atoms with Crippen LogP contribution in [0.4, 0.5) is 0 Å². The van der Waals surface area contributed by atoms with E-state index < -0.39 is 5.97 Å². The molecule has 64 valence electrons. The molecule has 0 aliphatic heterocycles. The number of carbonyl (C=O) groups is 1. The van der Waals surface area contributed by atoms with Gasteiger partial charge in [0.2, 0.25) is 5.96 Å². The second-order valence-corrected chi connectivity index (χ2v) is 1.90. The van der Waals surface area contributed by atoms with Crippen LogP contribution in [-0.2, 0) is 4.79 Å². The van der Waals surface area contributed by atoms with Gasteiger partial charge in [-0.15, -0.1) is 5.10 Å². The van der Waals surface area contributed by atoms with Crippen molar-refractivity contribution in [2.24, 2.45) is 16.6 Å². The third-order valence-corrected chi connectivity index (χ3v) is 0.940. The summed E-state index contributed by atoms with van der Waals surface area (Å²) in [4.78, 5) is 10.2. The smallest absolute Gasteiger partial charge is 0.324 e. The number of nitrogens with two attached hydrogens (primary N) is 2. The van der Waals surface area contributed by atoms with Gasteiger partial charge in [0.05, 0.1) is 0 Å². The van der Waals surface area contributed by atoms with E-state index in [1.165, 1.54) is 5.01 Å². The number of carboxylic acids is 1. The standard InChI is InChI=1S/C5H12N4O2/c1-2-9(3-4(10)11)8-5(6)7/h2-3H2,1H3,(H,10,11)(H4,6,7,8). The first-order valence-corrected chi connectivity index (χ1v) is 3.12. The van der Waals surface area contributed by atoms with Gasteiger partial charge in [-0.3, -0.25) is 9.80 Å². The fraction of sp³-hybridized carbons (Fsp3) is 0.600. The number of carboxylic acid groups (broad SMARTS) is 1. The van der Waals surface area contributed by atoms with Crippen LogP contribution in [-0.4, -0.2) is 35.1 Å². The molecule has 0 atom stereocenters. The Morgan fingerprint density at radius 3 is 2.45 bits per heavy atom. The first-order valence-electron chi connectivity index (χ1n) is 3.12. The summed E-state index contributed by atoms with van der Waals surface area (Å²) in [6, 6.07) is 0. The minimum absolute atomic E-state index is 0.131. The molecule has 0 spiro atoms. The third-order valence-electron chi connectivity index (χ3n) is 0.940. The fourth-order valence-corrected chi connectivity index (χ4v) is 0.537. The zero-order chi connectivity index (χ0) is 8.85. The van der Waals surface area contributed by atoms with Crippen LogP contribution in [0, 0.1) is 0 Å². The highest BCUT2D eigenvalue weighted by molar-refractivity contribution is 5.76. The van der Waals surface area contributed by atoms with Crippen molar-refractivity contribution in [3.05, 3.63) is 0 Å². The number of hydrogen-bond donors (Lipinski definition) is 3. The first kappa shape index (κ1) is 9.54. The first-order chi connectivity index (χ1) is 5.06. The average Bonchev–Trinajstić information content (AvgIpc) is 1.84. The van der Waals surface area contributed by atoms with Crippen LogP contribution in [0.3, 0.4) is 0 Å². The molecule has 0 heterocycles. The molecule has 0 unspecified atom stereocenters. The molecule has 0 aromatic rings. The second kappa shape index (κ2) is 4.37. The minimum atomic E-state index is -0.961. The van der Waals surface area contributed by atoms with Gasteiger partial charge < -0.3 is 16.6 Å². The lowest BCUT2D eigenvalue weighted by molar-refractivity contribution is -0.138. The summed E-state index contributed by atoms with van der Waals surface area (Å²) in [7, 11) is 0. The monoisotopic (exact) mass is 160 g/mol. The Hall–Kier alpha value is -1.46. The third kappa shape index (κ3) is 5.01. The number of aliphatic carboxylic acids is 1. The van der Waals surface area contributed by atoms with Gasteiger partial charge in [-0.25, -0.2) is 0 Å². The minimum Gasteiger partial charge on any atom is -0.480 e. The molecule has 0 aliphatic rings. The molecular formula is C5H12N4O2. The molecule has 5 N–H and O–H groups in total. The Kier molecular flexibility index (Phi) is 3.79. The lowest BCUT2D eigenvalue weighted by Gasteiger charge is -2.13. The van der Waals surface area contributed by atoms with E-state index in [0.717, 1.165) is 0 Å². The van der Waals surface area contributed by atoms with E-state index in [0.29, 0.717) is 6.54 Å². The highest BCUT2D eigenvalue weighted by atomic mass is 16.4. The summed E-state index contributed by atoms with van der Waals surface area (Å²) in [5, 5.41) is 13.2. The summed E-state index contributed by atoms with van der Waals surface area (Å²) in [5.41, 5.74) is 10.1.